The fourth-order valence-electron chi connectivity index (χ4n) is 1.91. The molecule has 5 nitrogen and oxygen atoms in total. The highest BCUT2D eigenvalue weighted by Crippen LogP contribution is 2.25. The number of rotatable bonds is 6. The van der Waals surface area contributed by atoms with E-state index in [0.29, 0.717) is 10.7 Å². The summed E-state index contributed by atoms with van der Waals surface area (Å²) in [6.45, 7) is -0.159. The summed E-state index contributed by atoms with van der Waals surface area (Å²) in [5, 5.41) is 9.32. The second kappa shape index (κ2) is 6.81. The van der Waals surface area contributed by atoms with Crippen molar-refractivity contribution in [1.29, 1.82) is 0 Å². The lowest BCUT2D eigenvalue weighted by atomic mass is 10.3. The predicted octanol–water partition coefficient (Wildman–Crippen LogP) is 3.01. The highest BCUT2D eigenvalue weighted by molar-refractivity contribution is 7.92. The minimum Gasteiger partial charge on any atom is -0.481 e. The molecule has 0 aliphatic rings. The number of aliphatic carboxylic acids is 1. The molecule has 2 aromatic carbocycles. The lowest BCUT2D eigenvalue weighted by molar-refractivity contribution is -0.136. The summed E-state index contributed by atoms with van der Waals surface area (Å²) in [4.78, 5) is 10.9. The van der Waals surface area contributed by atoms with Crippen LogP contribution >= 0.6 is 11.6 Å². The average Bonchev–Trinajstić information content (AvgIpc) is 2.49. The Morgan fingerprint density at radius 3 is 2.18 bits per heavy atom. The van der Waals surface area contributed by atoms with Crippen LogP contribution in [0.5, 0.6) is 0 Å². The van der Waals surface area contributed by atoms with E-state index in [1.54, 1.807) is 42.5 Å². The van der Waals surface area contributed by atoms with Gasteiger partial charge in [-0.05, 0) is 36.4 Å². The Morgan fingerprint density at radius 1 is 1.05 bits per heavy atom. The predicted molar refractivity (Wildman–Crippen MR) is 84.7 cm³/mol. The molecule has 0 saturated heterocycles. The molecule has 0 atom stereocenters. The van der Waals surface area contributed by atoms with E-state index in [9.17, 15) is 13.2 Å². The van der Waals surface area contributed by atoms with Crippen LogP contribution < -0.4 is 4.31 Å². The molecule has 2 aromatic rings. The molecule has 0 fully saturated rings. The number of sulfonamides is 1. The number of nitrogens with zero attached hydrogens (tertiary/aromatic N) is 1. The second-order valence-corrected chi connectivity index (χ2v) is 6.81. The molecule has 0 saturated carbocycles. The van der Waals surface area contributed by atoms with Crippen molar-refractivity contribution in [3.8, 4) is 0 Å². The van der Waals surface area contributed by atoms with Crippen molar-refractivity contribution in [2.24, 2.45) is 0 Å². The van der Waals surface area contributed by atoms with Crippen molar-refractivity contribution in [1.82, 2.24) is 0 Å². The van der Waals surface area contributed by atoms with E-state index in [2.05, 4.69) is 0 Å². The van der Waals surface area contributed by atoms with Gasteiger partial charge in [0.25, 0.3) is 10.0 Å². The van der Waals surface area contributed by atoms with E-state index in [4.69, 9.17) is 16.7 Å². The maximum Gasteiger partial charge on any atom is 0.305 e. The second-order valence-electron chi connectivity index (χ2n) is 4.51. The van der Waals surface area contributed by atoms with Crippen molar-refractivity contribution < 1.29 is 18.3 Å². The number of halogens is 1. The molecule has 0 spiro atoms. The van der Waals surface area contributed by atoms with Crippen LogP contribution in [0, 0.1) is 0 Å². The third-order valence-corrected chi connectivity index (χ3v) is 5.07. The molecule has 0 aliphatic carbocycles. The first kappa shape index (κ1) is 16.3. The molecule has 0 aromatic heterocycles. The summed E-state index contributed by atoms with van der Waals surface area (Å²) in [6.07, 6.45) is -0.297. The minimum atomic E-state index is -3.84. The van der Waals surface area contributed by atoms with Gasteiger partial charge in [-0.1, -0.05) is 29.8 Å². The summed E-state index contributed by atoms with van der Waals surface area (Å²) >= 11 is 5.81. The highest BCUT2D eigenvalue weighted by Gasteiger charge is 2.25. The fraction of sp³-hybridized carbons (Fsp3) is 0.133. The molecule has 1 N–H and O–H groups in total. The fourth-order valence-corrected chi connectivity index (χ4v) is 3.52. The topological polar surface area (TPSA) is 74.7 Å². The Labute approximate surface area is 133 Å². The Balaban J connectivity index is 2.43. The zero-order chi connectivity index (χ0) is 16.2. The van der Waals surface area contributed by atoms with Gasteiger partial charge in [-0.3, -0.25) is 9.10 Å². The average molecular weight is 340 g/mol. The van der Waals surface area contributed by atoms with Crippen LogP contribution in [0.1, 0.15) is 6.42 Å². The summed E-state index contributed by atoms with van der Waals surface area (Å²) < 4.78 is 26.5. The van der Waals surface area contributed by atoms with Crippen LogP contribution in [0.3, 0.4) is 0 Å². The molecular weight excluding hydrogens is 326 g/mol. The van der Waals surface area contributed by atoms with Gasteiger partial charge in [-0.15, -0.1) is 0 Å². The first-order chi connectivity index (χ1) is 10.4. The maximum atomic E-state index is 12.7. The molecule has 0 heterocycles. The van der Waals surface area contributed by atoms with Gasteiger partial charge in [0.1, 0.15) is 0 Å². The van der Waals surface area contributed by atoms with Gasteiger partial charge in [0, 0.05) is 11.6 Å². The Bertz CT molecular complexity index is 745. The third-order valence-electron chi connectivity index (χ3n) is 2.97. The molecule has 22 heavy (non-hydrogen) atoms. The third kappa shape index (κ3) is 3.78. The summed E-state index contributed by atoms with van der Waals surface area (Å²) in [6, 6.07) is 14.1. The molecule has 7 heteroatoms. The van der Waals surface area contributed by atoms with Crippen LogP contribution in [-0.2, 0) is 14.8 Å². The SMILES string of the molecule is O=C(O)CCN(c1ccc(Cl)cc1)S(=O)(=O)c1ccccc1. The van der Waals surface area contributed by atoms with E-state index in [0.717, 1.165) is 4.31 Å². The van der Waals surface area contributed by atoms with Crippen molar-refractivity contribution >= 4 is 33.3 Å². The van der Waals surface area contributed by atoms with Crippen LogP contribution in [0.25, 0.3) is 0 Å². The lowest BCUT2D eigenvalue weighted by Crippen LogP contribution is -2.33. The normalized spacial score (nSPS) is 11.1. The van der Waals surface area contributed by atoms with Gasteiger partial charge in [0.05, 0.1) is 17.0 Å². The zero-order valence-electron chi connectivity index (χ0n) is 11.5. The van der Waals surface area contributed by atoms with Crippen molar-refractivity contribution in [3.63, 3.8) is 0 Å². The van der Waals surface area contributed by atoms with Gasteiger partial charge in [-0.25, -0.2) is 8.42 Å². The molecule has 0 bridgehead atoms. The Morgan fingerprint density at radius 2 is 1.64 bits per heavy atom. The number of hydrogen-bond acceptors (Lipinski definition) is 3. The van der Waals surface area contributed by atoms with Gasteiger partial charge in [0.15, 0.2) is 0 Å². The van der Waals surface area contributed by atoms with Gasteiger partial charge in [-0.2, -0.15) is 0 Å². The smallest absolute Gasteiger partial charge is 0.305 e. The van der Waals surface area contributed by atoms with Crippen molar-refractivity contribution in [2.45, 2.75) is 11.3 Å². The lowest BCUT2D eigenvalue weighted by Gasteiger charge is -2.24. The first-order valence-electron chi connectivity index (χ1n) is 6.46. The number of anilines is 1. The molecule has 0 unspecified atom stereocenters. The first-order valence-corrected chi connectivity index (χ1v) is 8.28. The van der Waals surface area contributed by atoms with Crippen molar-refractivity contribution in [2.75, 3.05) is 10.8 Å². The summed E-state index contributed by atoms with van der Waals surface area (Å²) in [5.41, 5.74) is 0.370. The number of carboxylic acid groups (broad SMARTS) is 1. The summed E-state index contributed by atoms with van der Waals surface area (Å²) in [5.74, 6) is -1.07. The molecule has 0 aliphatic heterocycles. The quantitative estimate of drug-likeness (QED) is 0.877. The van der Waals surface area contributed by atoms with Crippen LogP contribution in [-0.4, -0.2) is 26.0 Å². The number of benzene rings is 2. The summed E-state index contributed by atoms with van der Waals surface area (Å²) in [7, 11) is -3.84. The monoisotopic (exact) mass is 339 g/mol. The molecule has 0 radical (unpaired) electrons. The highest BCUT2D eigenvalue weighted by atomic mass is 35.5. The van der Waals surface area contributed by atoms with Crippen molar-refractivity contribution in [3.05, 3.63) is 59.6 Å². The van der Waals surface area contributed by atoms with Crippen LogP contribution in [0.2, 0.25) is 5.02 Å². The Hall–Kier alpha value is -2.05. The molecule has 2 rings (SSSR count). The van der Waals surface area contributed by atoms with E-state index in [1.807, 2.05) is 0 Å². The van der Waals surface area contributed by atoms with E-state index in [-0.39, 0.29) is 17.9 Å². The van der Waals surface area contributed by atoms with E-state index < -0.39 is 16.0 Å². The van der Waals surface area contributed by atoms with Gasteiger partial charge < -0.3 is 5.11 Å². The van der Waals surface area contributed by atoms with E-state index in [1.165, 1.54) is 12.1 Å². The zero-order valence-corrected chi connectivity index (χ0v) is 13.1. The largest absolute Gasteiger partial charge is 0.481 e. The molecular formula is C15H14ClNO4S. The van der Waals surface area contributed by atoms with Crippen LogP contribution in [0.15, 0.2) is 59.5 Å². The number of hydrogen-bond donors (Lipinski definition) is 1. The van der Waals surface area contributed by atoms with Gasteiger partial charge in [0.2, 0.25) is 0 Å². The van der Waals surface area contributed by atoms with E-state index >= 15 is 0 Å². The standard InChI is InChI=1S/C15H14ClNO4S/c16-12-6-8-13(9-7-12)17(11-10-15(18)19)22(20,21)14-4-2-1-3-5-14/h1-9H,10-11H2,(H,18,19). The molecule has 0 amide bonds. The number of carboxylic acids is 1. The van der Waals surface area contributed by atoms with Gasteiger partial charge >= 0.3 is 5.97 Å². The van der Waals surface area contributed by atoms with Crippen LogP contribution in [0.4, 0.5) is 5.69 Å². The molecule has 116 valence electrons. The maximum absolute atomic E-state index is 12.7. The Kier molecular flexibility index (Phi) is 5.05. The number of carbonyl (C=O) groups is 1. The minimum absolute atomic E-state index is 0.107.